The molecule has 2 N–H and O–H groups in total. The van der Waals surface area contributed by atoms with Crippen LogP contribution in [0.5, 0.6) is 0 Å². The average Bonchev–Trinajstić information content (AvgIpc) is 2.71. The minimum atomic E-state index is -0.953. The van der Waals surface area contributed by atoms with Crippen molar-refractivity contribution in [1.82, 2.24) is 10.4 Å². The summed E-state index contributed by atoms with van der Waals surface area (Å²) >= 11 is 0. The van der Waals surface area contributed by atoms with Gasteiger partial charge in [0.15, 0.2) is 0 Å². The highest BCUT2D eigenvalue weighted by Gasteiger charge is 2.26. The number of rotatable bonds is 11. The molecule has 1 fully saturated rings. The van der Waals surface area contributed by atoms with Gasteiger partial charge in [0.2, 0.25) is 0 Å². The van der Waals surface area contributed by atoms with Crippen molar-refractivity contribution in [2.24, 2.45) is 0 Å². The van der Waals surface area contributed by atoms with Gasteiger partial charge in [-0.2, -0.15) is 0 Å². The molecule has 0 unspecified atom stereocenters. The van der Waals surface area contributed by atoms with E-state index in [0.29, 0.717) is 12.6 Å². The number of nitrogens with one attached hydrogen (secondary N) is 1. The van der Waals surface area contributed by atoms with E-state index >= 15 is 0 Å². The number of hydrogen-bond donors (Lipinski definition) is 2. The van der Waals surface area contributed by atoms with Crippen LogP contribution >= 0.6 is 0 Å². The molecule has 1 aromatic carbocycles. The third-order valence-corrected chi connectivity index (χ3v) is 6.09. The van der Waals surface area contributed by atoms with E-state index in [0.717, 1.165) is 12.1 Å². The maximum atomic E-state index is 11.5. The van der Waals surface area contributed by atoms with E-state index < -0.39 is 11.6 Å². The standard InChI is InChI=1S/C25H43N3O2/c1-5-6-7-8-12-19-27(22-13-10-9-11-14-22)23-17-15-21(16-18-23)20-26-28(24(29)30)25(2,3)4/h15-18,22,26H,5-14,19-20H2,1-4H3,(H,29,30). The number of unbranched alkanes of at least 4 members (excludes halogenated alkanes) is 4. The molecular formula is C25H43N3O2. The maximum Gasteiger partial charge on any atom is 0.422 e. The predicted octanol–water partition coefficient (Wildman–Crippen LogP) is 6.58. The molecule has 5 nitrogen and oxygen atoms in total. The number of carboxylic acid groups (broad SMARTS) is 1. The molecule has 2 rings (SSSR count). The Balaban J connectivity index is 2.00. The number of hydrazine groups is 1. The van der Waals surface area contributed by atoms with E-state index in [1.807, 2.05) is 20.8 Å². The molecule has 1 aliphatic carbocycles. The number of carbonyl (C=O) groups is 1. The third kappa shape index (κ3) is 7.82. The van der Waals surface area contributed by atoms with Gasteiger partial charge in [0.25, 0.3) is 0 Å². The predicted molar refractivity (Wildman–Crippen MR) is 126 cm³/mol. The summed E-state index contributed by atoms with van der Waals surface area (Å²) in [6, 6.07) is 9.38. The molecule has 0 aromatic heterocycles. The lowest BCUT2D eigenvalue weighted by atomic mass is 9.93. The quantitative estimate of drug-likeness (QED) is 0.315. The summed E-state index contributed by atoms with van der Waals surface area (Å²) in [5.74, 6) is 0. The normalized spacial score (nSPS) is 15.2. The number of nitrogens with zero attached hydrogens (tertiary/aromatic N) is 2. The highest BCUT2D eigenvalue weighted by molar-refractivity contribution is 5.65. The van der Waals surface area contributed by atoms with Crippen molar-refractivity contribution in [3.63, 3.8) is 0 Å². The molecule has 0 spiro atoms. The highest BCUT2D eigenvalue weighted by Crippen LogP contribution is 2.28. The van der Waals surface area contributed by atoms with Gasteiger partial charge >= 0.3 is 6.09 Å². The van der Waals surface area contributed by atoms with Crippen LogP contribution in [0.1, 0.15) is 97.5 Å². The van der Waals surface area contributed by atoms with Crippen LogP contribution < -0.4 is 10.3 Å². The van der Waals surface area contributed by atoms with Gasteiger partial charge < -0.3 is 10.0 Å². The molecule has 0 atom stereocenters. The Morgan fingerprint density at radius 2 is 1.67 bits per heavy atom. The first-order chi connectivity index (χ1) is 14.3. The van der Waals surface area contributed by atoms with Gasteiger partial charge in [0.1, 0.15) is 0 Å². The van der Waals surface area contributed by atoms with Crippen LogP contribution in [0.25, 0.3) is 0 Å². The summed E-state index contributed by atoms with van der Waals surface area (Å²) in [6.45, 7) is 9.58. The van der Waals surface area contributed by atoms with Crippen LogP contribution in [-0.4, -0.2) is 34.3 Å². The smallest absolute Gasteiger partial charge is 0.422 e. The molecule has 1 saturated carbocycles. The van der Waals surface area contributed by atoms with Gasteiger partial charge in [0, 0.05) is 24.8 Å². The molecule has 0 bridgehead atoms. The van der Waals surface area contributed by atoms with Gasteiger partial charge in [-0.1, -0.05) is 64.0 Å². The van der Waals surface area contributed by atoms with Crippen LogP contribution in [0.2, 0.25) is 0 Å². The van der Waals surface area contributed by atoms with E-state index in [-0.39, 0.29) is 0 Å². The molecular weight excluding hydrogens is 374 g/mol. The van der Waals surface area contributed by atoms with Crippen molar-refractivity contribution in [1.29, 1.82) is 0 Å². The zero-order chi connectivity index (χ0) is 22.0. The van der Waals surface area contributed by atoms with E-state index in [4.69, 9.17) is 0 Å². The fourth-order valence-corrected chi connectivity index (χ4v) is 4.37. The fraction of sp³-hybridized carbons (Fsp3) is 0.720. The molecule has 30 heavy (non-hydrogen) atoms. The monoisotopic (exact) mass is 417 g/mol. The van der Waals surface area contributed by atoms with Crippen molar-refractivity contribution in [3.8, 4) is 0 Å². The van der Waals surface area contributed by atoms with Crippen LogP contribution in [0.15, 0.2) is 24.3 Å². The summed E-state index contributed by atoms with van der Waals surface area (Å²) in [6.07, 6.45) is 12.3. The lowest BCUT2D eigenvalue weighted by Crippen LogP contribution is -2.52. The molecule has 1 aliphatic rings. The number of anilines is 1. The van der Waals surface area contributed by atoms with Gasteiger partial charge in [-0.05, 0) is 57.7 Å². The van der Waals surface area contributed by atoms with Gasteiger partial charge in [0.05, 0.1) is 5.54 Å². The second-order valence-corrected chi connectivity index (χ2v) is 9.69. The Bertz CT molecular complexity index is 618. The minimum Gasteiger partial charge on any atom is -0.464 e. The van der Waals surface area contributed by atoms with Crippen LogP contribution in [-0.2, 0) is 6.54 Å². The Kier molecular flexibility index (Phi) is 9.96. The highest BCUT2D eigenvalue weighted by atomic mass is 16.4. The van der Waals surface area contributed by atoms with E-state index in [2.05, 4.69) is 41.5 Å². The van der Waals surface area contributed by atoms with Crippen LogP contribution in [0.3, 0.4) is 0 Å². The molecule has 0 aliphatic heterocycles. The molecule has 0 saturated heterocycles. The number of hydrogen-bond acceptors (Lipinski definition) is 3. The SMILES string of the molecule is CCCCCCCN(c1ccc(CNN(C(=O)O)C(C)(C)C)cc1)C1CCCCC1. The van der Waals surface area contributed by atoms with Crippen molar-refractivity contribution in [2.75, 3.05) is 11.4 Å². The topological polar surface area (TPSA) is 55.8 Å². The molecule has 1 aromatic rings. The third-order valence-electron chi connectivity index (χ3n) is 6.09. The first kappa shape index (κ1) is 24.5. The number of benzene rings is 1. The minimum absolute atomic E-state index is 0.485. The van der Waals surface area contributed by atoms with Gasteiger partial charge in [-0.3, -0.25) is 0 Å². The van der Waals surface area contributed by atoms with Crippen molar-refractivity contribution < 1.29 is 9.90 Å². The summed E-state index contributed by atoms with van der Waals surface area (Å²) < 4.78 is 0. The molecule has 5 heteroatoms. The van der Waals surface area contributed by atoms with Gasteiger partial charge in [-0.25, -0.2) is 15.2 Å². The Morgan fingerprint density at radius 3 is 2.23 bits per heavy atom. The van der Waals surface area contributed by atoms with Crippen LogP contribution in [0, 0.1) is 0 Å². The number of amides is 1. The Morgan fingerprint density at radius 1 is 1.03 bits per heavy atom. The maximum absolute atomic E-state index is 11.5. The molecule has 0 radical (unpaired) electrons. The molecule has 170 valence electrons. The van der Waals surface area contributed by atoms with Crippen LogP contribution in [0.4, 0.5) is 10.5 Å². The lowest BCUT2D eigenvalue weighted by molar-refractivity contribution is 0.0624. The van der Waals surface area contributed by atoms with E-state index in [1.165, 1.54) is 74.9 Å². The van der Waals surface area contributed by atoms with Gasteiger partial charge in [-0.15, -0.1) is 0 Å². The van der Waals surface area contributed by atoms with E-state index in [9.17, 15) is 9.90 Å². The Hall–Kier alpha value is -1.75. The summed E-state index contributed by atoms with van der Waals surface area (Å²) in [5, 5.41) is 10.7. The first-order valence-electron chi connectivity index (χ1n) is 11.9. The second-order valence-electron chi connectivity index (χ2n) is 9.69. The summed E-state index contributed by atoms with van der Waals surface area (Å²) in [4.78, 5) is 14.1. The fourth-order valence-electron chi connectivity index (χ4n) is 4.37. The van der Waals surface area contributed by atoms with Crippen molar-refractivity contribution in [2.45, 2.75) is 110 Å². The first-order valence-corrected chi connectivity index (χ1v) is 11.9. The zero-order valence-electron chi connectivity index (χ0n) is 19.6. The molecule has 0 heterocycles. The largest absolute Gasteiger partial charge is 0.464 e. The Labute approximate surface area is 183 Å². The lowest BCUT2D eigenvalue weighted by Gasteiger charge is -2.36. The van der Waals surface area contributed by atoms with E-state index in [1.54, 1.807) is 0 Å². The second kappa shape index (κ2) is 12.2. The average molecular weight is 418 g/mol. The van der Waals surface area contributed by atoms with Crippen molar-refractivity contribution in [3.05, 3.63) is 29.8 Å². The zero-order valence-corrected chi connectivity index (χ0v) is 19.6. The molecule has 1 amide bonds. The summed E-state index contributed by atoms with van der Waals surface area (Å²) in [5.41, 5.74) is 4.99. The van der Waals surface area contributed by atoms with Crippen molar-refractivity contribution >= 4 is 11.8 Å². The summed E-state index contributed by atoms with van der Waals surface area (Å²) in [7, 11) is 0.